The molecular weight excluding hydrogens is 210 g/mol. The van der Waals surface area contributed by atoms with Gasteiger partial charge in [0.2, 0.25) is 0 Å². The van der Waals surface area contributed by atoms with Crippen LogP contribution in [0.2, 0.25) is 0 Å². The van der Waals surface area contributed by atoms with Gasteiger partial charge in [-0.25, -0.2) is 0 Å². The van der Waals surface area contributed by atoms with Gasteiger partial charge in [-0.1, -0.05) is 0 Å². The van der Waals surface area contributed by atoms with Crippen LogP contribution in [0.1, 0.15) is 29.4 Å². The van der Waals surface area contributed by atoms with Crippen LogP contribution in [0.25, 0.3) is 0 Å². The van der Waals surface area contributed by atoms with Crippen LogP contribution in [-0.2, 0) is 0 Å². The van der Waals surface area contributed by atoms with Crippen molar-refractivity contribution in [2.45, 2.75) is 25.3 Å². The highest BCUT2D eigenvalue weighted by molar-refractivity contribution is 7.11. The molecule has 1 aliphatic rings. The summed E-state index contributed by atoms with van der Waals surface area (Å²) in [6.07, 6.45) is 3.58. The summed E-state index contributed by atoms with van der Waals surface area (Å²) in [5.74, 6) is 0.00176. The number of amides is 1. The Kier molecular flexibility index (Phi) is 3.02. The van der Waals surface area contributed by atoms with Crippen LogP contribution in [0.15, 0.2) is 11.7 Å². The van der Waals surface area contributed by atoms with Crippen LogP contribution < -0.4 is 10.6 Å². The predicted octanol–water partition coefficient (Wildman–Crippen LogP) is 1.02. The molecule has 0 unspecified atom stereocenters. The molecule has 1 aromatic heterocycles. The lowest BCUT2D eigenvalue weighted by Gasteiger charge is -2.34. The molecule has 0 atom stereocenters. The van der Waals surface area contributed by atoms with Crippen LogP contribution in [0, 0.1) is 0 Å². The first-order valence-corrected chi connectivity index (χ1v) is 5.99. The van der Waals surface area contributed by atoms with Crippen LogP contribution in [0.3, 0.4) is 0 Å². The molecule has 1 aromatic rings. The molecule has 1 fully saturated rings. The maximum absolute atomic E-state index is 11.8. The molecule has 1 amide bonds. The smallest absolute Gasteiger partial charge is 0.263 e. The number of hydrogen-bond donors (Lipinski definition) is 2. The number of hydrogen-bond acceptors (Lipinski definition) is 4. The van der Waals surface area contributed by atoms with Gasteiger partial charge in [-0.2, -0.15) is 0 Å². The summed E-state index contributed by atoms with van der Waals surface area (Å²) >= 11 is 1.38. The van der Waals surface area contributed by atoms with Crippen molar-refractivity contribution in [3.05, 3.63) is 16.6 Å². The van der Waals surface area contributed by atoms with E-state index in [1.54, 1.807) is 11.7 Å². The van der Waals surface area contributed by atoms with E-state index in [9.17, 15) is 4.79 Å². The molecule has 15 heavy (non-hydrogen) atoms. The molecule has 2 N–H and O–H groups in total. The van der Waals surface area contributed by atoms with Crippen LogP contribution in [0.5, 0.6) is 0 Å². The van der Waals surface area contributed by atoms with Gasteiger partial charge >= 0.3 is 0 Å². The average Bonchev–Trinajstić information content (AvgIpc) is 2.70. The van der Waals surface area contributed by atoms with Crippen molar-refractivity contribution >= 4 is 17.2 Å². The van der Waals surface area contributed by atoms with E-state index in [4.69, 9.17) is 0 Å². The summed E-state index contributed by atoms with van der Waals surface area (Å²) in [5.41, 5.74) is 1.62. The lowest BCUT2D eigenvalue weighted by molar-refractivity contribution is 0.0891. The zero-order valence-corrected chi connectivity index (χ0v) is 9.56. The molecule has 82 valence electrons. The van der Waals surface area contributed by atoms with Gasteiger partial charge in [0.15, 0.2) is 0 Å². The van der Waals surface area contributed by atoms with E-state index in [-0.39, 0.29) is 11.4 Å². The number of carbonyl (C=O) groups excluding carboxylic acids is 1. The fourth-order valence-corrected chi connectivity index (χ4v) is 2.28. The Hall–Kier alpha value is -0.940. The molecule has 0 aromatic carbocycles. The van der Waals surface area contributed by atoms with Crippen molar-refractivity contribution in [1.82, 2.24) is 15.6 Å². The number of thiazole rings is 1. The Morgan fingerprint density at radius 2 is 2.33 bits per heavy atom. The summed E-state index contributed by atoms with van der Waals surface area (Å²) in [6.45, 7) is 4.05. The highest BCUT2D eigenvalue weighted by Crippen LogP contribution is 2.18. The SMILES string of the molecule is CC1(NC(=O)c2cncs2)CCNCC1. The van der Waals surface area contributed by atoms with Gasteiger partial charge in [-0.15, -0.1) is 11.3 Å². The Morgan fingerprint density at radius 3 is 2.93 bits per heavy atom. The predicted molar refractivity (Wildman–Crippen MR) is 60.1 cm³/mol. The molecule has 0 spiro atoms. The van der Waals surface area contributed by atoms with Gasteiger partial charge in [0, 0.05) is 5.54 Å². The number of carbonyl (C=O) groups is 1. The molecule has 0 radical (unpaired) electrons. The maximum Gasteiger partial charge on any atom is 0.263 e. The first-order chi connectivity index (χ1) is 7.20. The highest BCUT2D eigenvalue weighted by Gasteiger charge is 2.28. The zero-order valence-electron chi connectivity index (χ0n) is 8.75. The van der Waals surface area contributed by atoms with Gasteiger partial charge in [0.05, 0.1) is 11.7 Å². The molecule has 1 aliphatic heterocycles. The minimum absolute atomic E-state index is 0.00176. The maximum atomic E-state index is 11.8. The molecule has 0 aliphatic carbocycles. The van der Waals surface area contributed by atoms with Gasteiger partial charge in [0.25, 0.3) is 5.91 Å². The fraction of sp³-hybridized carbons (Fsp3) is 0.600. The largest absolute Gasteiger partial charge is 0.346 e. The molecule has 1 saturated heterocycles. The number of rotatable bonds is 2. The van der Waals surface area contributed by atoms with Crippen LogP contribution >= 0.6 is 11.3 Å². The lowest BCUT2D eigenvalue weighted by atomic mass is 9.90. The molecule has 0 bridgehead atoms. The Balaban J connectivity index is 1.98. The summed E-state index contributed by atoms with van der Waals surface area (Å²) in [7, 11) is 0. The monoisotopic (exact) mass is 225 g/mol. The first kappa shape index (κ1) is 10.6. The van der Waals surface area contributed by atoms with Gasteiger partial charge in [0.1, 0.15) is 4.88 Å². The summed E-state index contributed by atoms with van der Waals surface area (Å²) < 4.78 is 0. The van der Waals surface area contributed by atoms with Gasteiger partial charge < -0.3 is 10.6 Å². The van der Waals surface area contributed by atoms with E-state index in [1.807, 2.05) is 0 Å². The van der Waals surface area contributed by atoms with E-state index >= 15 is 0 Å². The van der Waals surface area contributed by atoms with Crippen molar-refractivity contribution in [3.8, 4) is 0 Å². The molecule has 5 heteroatoms. The third-order valence-corrected chi connectivity index (χ3v) is 3.55. The number of nitrogens with one attached hydrogen (secondary N) is 2. The zero-order chi connectivity index (χ0) is 10.7. The quantitative estimate of drug-likeness (QED) is 0.790. The van der Waals surface area contributed by atoms with Crippen molar-refractivity contribution in [2.75, 3.05) is 13.1 Å². The Morgan fingerprint density at radius 1 is 1.60 bits per heavy atom. The van der Waals surface area contributed by atoms with Gasteiger partial charge in [-0.05, 0) is 32.9 Å². The van der Waals surface area contributed by atoms with Crippen molar-refractivity contribution in [1.29, 1.82) is 0 Å². The second-order valence-electron chi connectivity index (χ2n) is 4.13. The molecule has 4 nitrogen and oxygen atoms in total. The molecule has 2 rings (SSSR count). The van der Waals surface area contributed by atoms with Gasteiger partial charge in [-0.3, -0.25) is 9.78 Å². The number of nitrogens with zero attached hydrogens (tertiary/aromatic N) is 1. The second kappa shape index (κ2) is 4.28. The molecule has 2 heterocycles. The minimum atomic E-state index is -0.0632. The molecule has 0 saturated carbocycles. The van der Waals surface area contributed by atoms with E-state index in [0.717, 1.165) is 25.9 Å². The second-order valence-corrected chi connectivity index (χ2v) is 5.02. The minimum Gasteiger partial charge on any atom is -0.346 e. The Bertz CT molecular complexity index is 330. The van der Waals surface area contributed by atoms with Crippen molar-refractivity contribution < 1.29 is 4.79 Å². The standard InChI is InChI=1S/C10H15N3OS/c1-10(2-4-11-5-3-10)13-9(14)8-6-12-7-15-8/h6-7,11H,2-5H2,1H3,(H,13,14). The molecular formula is C10H15N3OS. The van der Waals surface area contributed by atoms with E-state index in [2.05, 4.69) is 22.5 Å². The van der Waals surface area contributed by atoms with Crippen molar-refractivity contribution in [3.63, 3.8) is 0 Å². The number of piperidine rings is 1. The van der Waals surface area contributed by atoms with Crippen molar-refractivity contribution in [2.24, 2.45) is 0 Å². The lowest BCUT2D eigenvalue weighted by Crippen LogP contribution is -2.52. The summed E-state index contributed by atoms with van der Waals surface area (Å²) in [4.78, 5) is 16.4. The summed E-state index contributed by atoms with van der Waals surface area (Å²) in [6, 6.07) is 0. The average molecular weight is 225 g/mol. The van der Waals surface area contributed by atoms with Crippen LogP contribution in [0.4, 0.5) is 0 Å². The normalized spacial score (nSPS) is 19.8. The third kappa shape index (κ3) is 2.54. The third-order valence-electron chi connectivity index (χ3n) is 2.78. The van der Waals surface area contributed by atoms with E-state index < -0.39 is 0 Å². The van der Waals surface area contributed by atoms with Crippen LogP contribution in [-0.4, -0.2) is 29.5 Å². The first-order valence-electron chi connectivity index (χ1n) is 5.11. The van der Waals surface area contributed by atoms with E-state index in [0.29, 0.717) is 4.88 Å². The number of aromatic nitrogens is 1. The summed E-state index contributed by atoms with van der Waals surface area (Å²) in [5, 5.41) is 6.38. The highest BCUT2D eigenvalue weighted by atomic mass is 32.1. The van der Waals surface area contributed by atoms with E-state index in [1.165, 1.54) is 11.3 Å². The Labute approximate surface area is 93.1 Å². The fourth-order valence-electron chi connectivity index (χ4n) is 1.77. The topological polar surface area (TPSA) is 54.0 Å².